The summed E-state index contributed by atoms with van der Waals surface area (Å²) in [6.07, 6.45) is 0. The average Bonchev–Trinajstić information content (AvgIpc) is 2.90. The molecule has 198 valence electrons. The molecule has 0 aromatic heterocycles. The van der Waals surface area contributed by atoms with Crippen LogP contribution in [0, 0.1) is 0 Å². The molecule has 3 aromatic rings. The lowest BCUT2D eigenvalue weighted by Gasteiger charge is -2.33. The van der Waals surface area contributed by atoms with Crippen LogP contribution in [0.5, 0.6) is 11.5 Å². The van der Waals surface area contributed by atoms with E-state index in [-0.39, 0.29) is 5.92 Å². The topological polar surface area (TPSA) is 19.0 Å². The maximum Gasteiger partial charge on any atom is 0.133 e. The molecule has 0 fully saturated rings. The number of halogens is 2. The first kappa shape index (κ1) is 27.5. The van der Waals surface area contributed by atoms with Crippen LogP contribution in [0.4, 0.5) is 17.1 Å². The fourth-order valence-electron chi connectivity index (χ4n) is 5.49. The van der Waals surface area contributed by atoms with Crippen LogP contribution >= 0.6 is 23.2 Å². The monoisotopic (exact) mass is 539 g/mol. The highest BCUT2D eigenvalue weighted by Gasteiger charge is 2.33. The predicted molar refractivity (Wildman–Crippen MR) is 161 cm³/mol. The SMILES string of the molecule is CCN(CC)c1cc(Cl)c(C2c3ccc(N(CC)CC)cc3Oc3cc(N(CC)CC)ccc32)c(Cl)c1. The molecular weight excluding hydrogens is 501 g/mol. The molecule has 0 amide bonds. The van der Waals surface area contributed by atoms with Crippen molar-refractivity contribution >= 4 is 40.3 Å². The third kappa shape index (κ3) is 5.24. The molecule has 0 unspecified atom stereocenters. The van der Waals surface area contributed by atoms with Gasteiger partial charge in [0.15, 0.2) is 0 Å². The Hall–Kier alpha value is -2.56. The smallest absolute Gasteiger partial charge is 0.133 e. The van der Waals surface area contributed by atoms with E-state index in [9.17, 15) is 0 Å². The summed E-state index contributed by atoms with van der Waals surface area (Å²) in [5.74, 6) is 1.60. The Labute approximate surface area is 232 Å². The third-order valence-electron chi connectivity index (χ3n) is 7.57. The fraction of sp³-hybridized carbons (Fsp3) is 0.419. The second-order valence-corrected chi connectivity index (χ2v) is 10.1. The van der Waals surface area contributed by atoms with Crippen molar-refractivity contribution in [2.24, 2.45) is 0 Å². The molecule has 0 N–H and O–H groups in total. The van der Waals surface area contributed by atoms with E-state index < -0.39 is 0 Å². The first-order valence-electron chi connectivity index (χ1n) is 13.6. The number of fused-ring (bicyclic) bond motifs is 2. The zero-order valence-corrected chi connectivity index (χ0v) is 24.5. The fourth-order valence-corrected chi connectivity index (χ4v) is 6.18. The van der Waals surface area contributed by atoms with Crippen LogP contribution in [-0.2, 0) is 0 Å². The highest BCUT2D eigenvalue weighted by atomic mass is 35.5. The van der Waals surface area contributed by atoms with E-state index in [2.05, 4.69) is 105 Å². The molecule has 4 rings (SSSR count). The first-order chi connectivity index (χ1) is 17.9. The largest absolute Gasteiger partial charge is 0.457 e. The van der Waals surface area contributed by atoms with Gasteiger partial charge >= 0.3 is 0 Å². The Bertz CT molecular complexity index is 1150. The van der Waals surface area contributed by atoms with Crippen molar-refractivity contribution < 1.29 is 4.74 Å². The number of hydrogen-bond donors (Lipinski definition) is 0. The van der Waals surface area contributed by atoms with Gasteiger partial charge in [0.25, 0.3) is 0 Å². The van der Waals surface area contributed by atoms with E-state index in [0.29, 0.717) is 10.0 Å². The highest BCUT2D eigenvalue weighted by Crippen LogP contribution is 2.52. The van der Waals surface area contributed by atoms with Gasteiger partial charge in [-0.2, -0.15) is 0 Å². The van der Waals surface area contributed by atoms with Crippen molar-refractivity contribution in [3.05, 3.63) is 75.3 Å². The number of ether oxygens (including phenoxy) is 1. The lowest BCUT2D eigenvalue weighted by atomic mass is 9.82. The van der Waals surface area contributed by atoms with E-state index in [0.717, 1.165) is 84.5 Å². The van der Waals surface area contributed by atoms with Crippen LogP contribution in [0.15, 0.2) is 48.5 Å². The van der Waals surface area contributed by atoms with E-state index in [1.807, 2.05) is 0 Å². The molecule has 1 aliphatic rings. The van der Waals surface area contributed by atoms with Crippen molar-refractivity contribution in [2.45, 2.75) is 47.5 Å². The maximum absolute atomic E-state index is 7.04. The van der Waals surface area contributed by atoms with Crippen LogP contribution in [-0.4, -0.2) is 39.3 Å². The quantitative estimate of drug-likeness (QED) is 0.200. The van der Waals surface area contributed by atoms with E-state index >= 15 is 0 Å². The molecule has 0 saturated carbocycles. The minimum Gasteiger partial charge on any atom is -0.457 e. The van der Waals surface area contributed by atoms with Gasteiger partial charge in [0.2, 0.25) is 0 Å². The van der Waals surface area contributed by atoms with Gasteiger partial charge in [-0.05, 0) is 65.8 Å². The standard InChI is InChI=1S/C31H39Cl2N3O/c1-7-34(8-2)21-13-15-24-28(19-21)37-29-20-22(35(9-3)10-4)14-16-25(29)30(24)31-26(32)17-23(18-27(31)33)36(11-5)12-6/h13-20,30H,7-12H2,1-6H3. The summed E-state index contributed by atoms with van der Waals surface area (Å²) in [5, 5.41) is 1.36. The number of hydrogen-bond acceptors (Lipinski definition) is 4. The van der Waals surface area contributed by atoms with E-state index in [1.165, 1.54) is 0 Å². The van der Waals surface area contributed by atoms with Gasteiger partial charge in [0.1, 0.15) is 11.5 Å². The molecule has 0 saturated heterocycles. The molecular formula is C31H39Cl2N3O. The average molecular weight is 541 g/mol. The summed E-state index contributed by atoms with van der Waals surface area (Å²) in [6, 6.07) is 17.2. The van der Waals surface area contributed by atoms with Gasteiger partial charge in [0.05, 0.1) is 0 Å². The Morgan fingerprint density at radius 1 is 0.568 bits per heavy atom. The molecule has 1 heterocycles. The number of nitrogens with zero attached hydrogens (tertiary/aromatic N) is 3. The molecule has 3 aromatic carbocycles. The third-order valence-corrected chi connectivity index (χ3v) is 8.20. The van der Waals surface area contributed by atoms with Crippen LogP contribution in [0.3, 0.4) is 0 Å². The Morgan fingerprint density at radius 2 is 0.946 bits per heavy atom. The molecule has 6 heteroatoms. The molecule has 0 bridgehead atoms. The van der Waals surface area contributed by atoms with Crippen LogP contribution < -0.4 is 19.4 Å². The van der Waals surface area contributed by atoms with Crippen molar-refractivity contribution in [3.63, 3.8) is 0 Å². The normalized spacial score (nSPS) is 12.5. The van der Waals surface area contributed by atoms with E-state index in [1.54, 1.807) is 0 Å². The number of anilines is 3. The van der Waals surface area contributed by atoms with Crippen LogP contribution in [0.25, 0.3) is 0 Å². The van der Waals surface area contributed by atoms with Crippen LogP contribution in [0.1, 0.15) is 64.2 Å². The Morgan fingerprint density at radius 3 is 1.32 bits per heavy atom. The zero-order valence-electron chi connectivity index (χ0n) is 22.9. The Balaban J connectivity index is 1.92. The van der Waals surface area contributed by atoms with Gasteiger partial charge in [-0.3, -0.25) is 0 Å². The van der Waals surface area contributed by atoms with Gasteiger partial charge in [0, 0.05) is 101 Å². The van der Waals surface area contributed by atoms with Gasteiger partial charge in [-0.1, -0.05) is 35.3 Å². The summed E-state index contributed by atoms with van der Waals surface area (Å²) >= 11 is 14.1. The van der Waals surface area contributed by atoms with Gasteiger partial charge in [-0.25, -0.2) is 0 Å². The minimum atomic E-state index is -0.124. The second-order valence-electron chi connectivity index (χ2n) is 9.32. The van der Waals surface area contributed by atoms with E-state index in [4.69, 9.17) is 27.9 Å². The summed E-state index contributed by atoms with van der Waals surface area (Å²) in [7, 11) is 0. The Kier molecular flexibility index (Phi) is 8.82. The van der Waals surface area contributed by atoms with Crippen molar-refractivity contribution in [2.75, 3.05) is 54.0 Å². The predicted octanol–water partition coefficient (Wildman–Crippen LogP) is 8.82. The minimum absolute atomic E-state index is 0.124. The molecule has 0 radical (unpaired) electrons. The first-order valence-corrected chi connectivity index (χ1v) is 14.3. The van der Waals surface area contributed by atoms with Crippen molar-refractivity contribution in [1.29, 1.82) is 0 Å². The summed E-state index contributed by atoms with van der Waals surface area (Å²) < 4.78 is 6.62. The number of benzene rings is 3. The maximum atomic E-state index is 7.04. The molecule has 37 heavy (non-hydrogen) atoms. The second kappa shape index (κ2) is 11.9. The number of rotatable bonds is 10. The lowest BCUT2D eigenvalue weighted by Crippen LogP contribution is -2.23. The highest BCUT2D eigenvalue weighted by molar-refractivity contribution is 6.36. The molecule has 4 nitrogen and oxygen atoms in total. The lowest BCUT2D eigenvalue weighted by molar-refractivity contribution is 0.453. The summed E-state index contributed by atoms with van der Waals surface area (Å²) in [5.41, 5.74) is 6.44. The molecule has 0 spiro atoms. The van der Waals surface area contributed by atoms with Gasteiger partial charge < -0.3 is 19.4 Å². The molecule has 0 aliphatic carbocycles. The van der Waals surface area contributed by atoms with Crippen molar-refractivity contribution in [3.8, 4) is 11.5 Å². The zero-order chi connectivity index (χ0) is 26.7. The van der Waals surface area contributed by atoms with Crippen LogP contribution in [0.2, 0.25) is 10.0 Å². The summed E-state index contributed by atoms with van der Waals surface area (Å²) in [4.78, 5) is 6.93. The summed E-state index contributed by atoms with van der Waals surface area (Å²) in [6.45, 7) is 18.5. The molecule has 1 aliphatic heterocycles. The van der Waals surface area contributed by atoms with Crippen molar-refractivity contribution in [1.82, 2.24) is 0 Å². The van der Waals surface area contributed by atoms with Gasteiger partial charge in [-0.15, -0.1) is 0 Å². The molecule has 0 atom stereocenters.